The van der Waals surface area contributed by atoms with E-state index in [0.29, 0.717) is 19.5 Å². The summed E-state index contributed by atoms with van der Waals surface area (Å²) in [5.74, 6) is -0.429. The van der Waals surface area contributed by atoms with Crippen LogP contribution in [0.5, 0.6) is 0 Å². The van der Waals surface area contributed by atoms with E-state index in [0.717, 1.165) is 6.42 Å². The van der Waals surface area contributed by atoms with Crippen LogP contribution in [0.2, 0.25) is 0 Å². The summed E-state index contributed by atoms with van der Waals surface area (Å²) >= 11 is 0. The van der Waals surface area contributed by atoms with Crippen LogP contribution in [0.15, 0.2) is 22.8 Å². The highest BCUT2D eigenvalue weighted by molar-refractivity contribution is 5.95. The van der Waals surface area contributed by atoms with Crippen LogP contribution < -0.4 is 5.32 Å². The first kappa shape index (κ1) is 14.6. The van der Waals surface area contributed by atoms with Crippen molar-refractivity contribution < 1.29 is 19.1 Å². The number of hydrogen-bond donors (Lipinski definition) is 2. The SMILES string of the molecule is CCCC1(O)CN(C(=O)C(C)NC(=O)c2ccco2)C1. The summed E-state index contributed by atoms with van der Waals surface area (Å²) in [6.07, 6.45) is 2.97. The van der Waals surface area contributed by atoms with Gasteiger partial charge in [0.2, 0.25) is 5.91 Å². The second kappa shape index (κ2) is 5.66. The van der Waals surface area contributed by atoms with Crippen molar-refractivity contribution in [2.45, 2.75) is 38.3 Å². The second-order valence-corrected chi connectivity index (χ2v) is 5.34. The Morgan fingerprint density at radius 2 is 2.25 bits per heavy atom. The minimum Gasteiger partial charge on any atom is -0.459 e. The maximum absolute atomic E-state index is 12.1. The summed E-state index contributed by atoms with van der Waals surface area (Å²) in [5, 5.41) is 12.6. The van der Waals surface area contributed by atoms with Gasteiger partial charge in [0, 0.05) is 0 Å². The van der Waals surface area contributed by atoms with Crippen LogP contribution in [-0.4, -0.2) is 46.6 Å². The molecule has 1 aromatic rings. The van der Waals surface area contributed by atoms with E-state index in [4.69, 9.17) is 4.42 Å². The summed E-state index contributed by atoms with van der Waals surface area (Å²) in [6, 6.07) is 2.51. The number of aliphatic hydroxyl groups is 1. The fourth-order valence-electron chi connectivity index (χ4n) is 2.45. The number of nitrogens with one attached hydrogen (secondary N) is 1. The molecule has 2 N–H and O–H groups in total. The van der Waals surface area contributed by atoms with E-state index in [2.05, 4.69) is 5.32 Å². The van der Waals surface area contributed by atoms with Crippen LogP contribution in [0.25, 0.3) is 0 Å². The van der Waals surface area contributed by atoms with Crippen molar-refractivity contribution >= 4 is 11.8 Å². The number of carbonyl (C=O) groups excluding carboxylic acids is 2. The van der Waals surface area contributed by atoms with Crippen molar-refractivity contribution in [2.75, 3.05) is 13.1 Å². The summed E-state index contributed by atoms with van der Waals surface area (Å²) in [7, 11) is 0. The zero-order valence-electron chi connectivity index (χ0n) is 11.8. The van der Waals surface area contributed by atoms with Crippen LogP contribution >= 0.6 is 0 Å². The highest BCUT2D eigenvalue weighted by atomic mass is 16.3. The fraction of sp³-hybridized carbons (Fsp3) is 0.571. The van der Waals surface area contributed by atoms with E-state index in [1.54, 1.807) is 17.9 Å². The first-order valence-electron chi connectivity index (χ1n) is 6.81. The molecule has 0 aliphatic carbocycles. The lowest BCUT2D eigenvalue weighted by Crippen LogP contribution is -2.66. The lowest BCUT2D eigenvalue weighted by Gasteiger charge is -2.47. The largest absolute Gasteiger partial charge is 0.459 e. The zero-order chi connectivity index (χ0) is 14.8. The van der Waals surface area contributed by atoms with Gasteiger partial charge in [-0.3, -0.25) is 9.59 Å². The van der Waals surface area contributed by atoms with Gasteiger partial charge in [-0.05, 0) is 25.5 Å². The van der Waals surface area contributed by atoms with Crippen molar-refractivity contribution in [1.82, 2.24) is 10.2 Å². The van der Waals surface area contributed by atoms with Crippen LogP contribution in [-0.2, 0) is 4.79 Å². The molecule has 6 heteroatoms. The number of rotatable bonds is 5. The molecule has 0 aromatic carbocycles. The molecule has 2 rings (SSSR count). The first-order chi connectivity index (χ1) is 9.45. The molecule has 0 radical (unpaired) electrons. The molecule has 6 nitrogen and oxygen atoms in total. The number of amides is 2. The van der Waals surface area contributed by atoms with E-state index in [-0.39, 0.29) is 11.7 Å². The normalized spacial score (nSPS) is 18.2. The van der Waals surface area contributed by atoms with Crippen LogP contribution in [0.3, 0.4) is 0 Å². The van der Waals surface area contributed by atoms with E-state index in [9.17, 15) is 14.7 Å². The molecule has 2 amide bonds. The molecule has 1 aliphatic rings. The average molecular weight is 280 g/mol. The molecule has 0 spiro atoms. The van der Waals surface area contributed by atoms with E-state index in [1.807, 2.05) is 6.92 Å². The molecular weight excluding hydrogens is 260 g/mol. The molecule has 110 valence electrons. The van der Waals surface area contributed by atoms with Crippen LogP contribution in [0, 0.1) is 0 Å². The molecule has 1 unspecified atom stereocenters. The number of hydrogen-bond acceptors (Lipinski definition) is 4. The third-order valence-electron chi connectivity index (χ3n) is 3.46. The van der Waals surface area contributed by atoms with Gasteiger partial charge in [0.25, 0.3) is 5.91 Å². The summed E-state index contributed by atoms with van der Waals surface area (Å²) in [6.45, 7) is 4.29. The zero-order valence-corrected chi connectivity index (χ0v) is 11.8. The molecule has 1 aromatic heterocycles. The van der Waals surface area contributed by atoms with Crippen molar-refractivity contribution in [3.05, 3.63) is 24.2 Å². The number of β-amino-alcohol motifs (C(OH)–C–C–N with tert-alkyl or cyclic N) is 1. The van der Waals surface area contributed by atoms with Crippen molar-refractivity contribution in [2.24, 2.45) is 0 Å². The van der Waals surface area contributed by atoms with E-state index in [1.165, 1.54) is 12.3 Å². The standard InChI is InChI=1S/C14H20N2O4/c1-3-6-14(19)8-16(9-14)13(18)10(2)15-12(17)11-5-4-7-20-11/h4-5,7,10,19H,3,6,8-9H2,1-2H3,(H,15,17). The Hall–Kier alpha value is -1.82. The van der Waals surface area contributed by atoms with Crippen LogP contribution in [0.4, 0.5) is 0 Å². The fourth-order valence-corrected chi connectivity index (χ4v) is 2.45. The van der Waals surface area contributed by atoms with Crippen LogP contribution in [0.1, 0.15) is 37.2 Å². The predicted octanol–water partition coefficient (Wildman–Crippen LogP) is 0.771. The number of likely N-dealkylation sites (tertiary alicyclic amines) is 1. The summed E-state index contributed by atoms with van der Waals surface area (Å²) in [4.78, 5) is 25.4. The van der Waals surface area contributed by atoms with Gasteiger partial charge < -0.3 is 19.7 Å². The number of carbonyl (C=O) groups is 2. The molecule has 1 aliphatic heterocycles. The summed E-state index contributed by atoms with van der Waals surface area (Å²) in [5.41, 5.74) is -0.755. The smallest absolute Gasteiger partial charge is 0.287 e. The van der Waals surface area contributed by atoms with E-state index < -0.39 is 17.6 Å². The number of furan rings is 1. The Kier molecular flexibility index (Phi) is 4.13. The average Bonchev–Trinajstić information content (AvgIpc) is 2.88. The van der Waals surface area contributed by atoms with Crippen molar-refractivity contribution in [3.63, 3.8) is 0 Å². The topological polar surface area (TPSA) is 82.8 Å². The minimum atomic E-state index is -0.755. The van der Waals surface area contributed by atoms with Gasteiger partial charge in [0.15, 0.2) is 5.76 Å². The second-order valence-electron chi connectivity index (χ2n) is 5.34. The Morgan fingerprint density at radius 1 is 1.55 bits per heavy atom. The van der Waals surface area contributed by atoms with Crippen molar-refractivity contribution in [1.29, 1.82) is 0 Å². The summed E-state index contributed by atoms with van der Waals surface area (Å²) < 4.78 is 4.96. The third kappa shape index (κ3) is 3.01. The van der Waals surface area contributed by atoms with Crippen molar-refractivity contribution in [3.8, 4) is 0 Å². The Balaban J connectivity index is 1.83. The molecule has 20 heavy (non-hydrogen) atoms. The molecule has 0 saturated carbocycles. The molecular formula is C14H20N2O4. The van der Waals surface area contributed by atoms with Gasteiger partial charge >= 0.3 is 0 Å². The molecule has 0 bridgehead atoms. The third-order valence-corrected chi connectivity index (χ3v) is 3.46. The lowest BCUT2D eigenvalue weighted by molar-refractivity contribution is -0.158. The van der Waals surface area contributed by atoms with Gasteiger partial charge in [-0.15, -0.1) is 0 Å². The number of nitrogens with zero attached hydrogens (tertiary/aromatic N) is 1. The quantitative estimate of drug-likeness (QED) is 0.834. The van der Waals surface area contributed by atoms with Gasteiger partial charge in [-0.2, -0.15) is 0 Å². The van der Waals surface area contributed by atoms with Gasteiger partial charge in [0.05, 0.1) is 25.0 Å². The molecule has 1 saturated heterocycles. The highest BCUT2D eigenvalue weighted by Crippen LogP contribution is 2.26. The maximum atomic E-state index is 12.1. The maximum Gasteiger partial charge on any atom is 0.287 e. The molecule has 2 heterocycles. The Morgan fingerprint density at radius 3 is 2.80 bits per heavy atom. The monoisotopic (exact) mass is 280 g/mol. The Labute approximate surface area is 117 Å². The molecule has 1 atom stereocenters. The molecule has 1 fully saturated rings. The minimum absolute atomic E-state index is 0.177. The van der Waals surface area contributed by atoms with E-state index >= 15 is 0 Å². The van der Waals surface area contributed by atoms with Gasteiger partial charge in [-0.25, -0.2) is 0 Å². The van der Waals surface area contributed by atoms with Gasteiger partial charge in [-0.1, -0.05) is 13.3 Å². The Bertz CT molecular complexity index is 477. The first-order valence-corrected chi connectivity index (χ1v) is 6.81. The lowest BCUT2D eigenvalue weighted by atomic mass is 9.89. The highest BCUT2D eigenvalue weighted by Gasteiger charge is 2.43. The predicted molar refractivity (Wildman–Crippen MR) is 72.1 cm³/mol. The van der Waals surface area contributed by atoms with Gasteiger partial charge in [0.1, 0.15) is 6.04 Å².